The molecule has 236 valence electrons. The summed E-state index contributed by atoms with van der Waals surface area (Å²) in [6.07, 6.45) is 39.2. The Morgan fingerprint density at radius 1 is 0.500 bits per heavy atom. The topological polar surface area (TPSA) is 23.4 Å². The first kappa shape index (κ1) is 35.8. The number of benzene rings is 1. The fraction of sp³-hybridized carbons (Fsp3) is 0.641. The molecule has 3 nitrogen and oxygen atoms in total. The van der Waals surface area contributed by atoms with E-state index in [9.17, 15) is 0 Å². The zero-order chi connectivity index (χ0) is 29.8. The molecule has 1 heterocycles. The van der Waals surface area contributed by atoms with Crippen molar-refractivity contribution in [2.45, 2.75) is 149 Å². The Morgan fingerprint density at radius 3 is 1.36 bits per heavy atom. The normalized spacial score (nSPS) is 11.7. The summed E-state index contributed by atoms with van der Waals surface area (Å²) in [4.78, 5) is 0. The number of hydrogen-bond acceptors (Lipinski definition) is 2. The van der Waals surface area contributed by atoms with E-state index in [0.717, 1.165) is 44.1 Å². The summed E-state index contributed by atoms with van der Waals surface area (Å²) in [5.41, 5.74) is 1.29. The largest absolute Gasteiger partial charge is 0.488 e. The van der Waals surface area contributed by atoms with Gasteiger partial charge < -0.3 is 14.0 Å². The van der Waals surface area contributed by atoms with Crippen LogP contribution in [0.3, 0.4) is 0 Å². The van der Waals surface area contributed by atoms with Gasteiger partial charge in [0.1, 0.15) is 0 Å². The minimum Gasteiger partial charge on any atom is -0.488 e. The lowest BCUT2D eigenvalue weighted by Crippen LogP contribution is -2.01. The van der Waals surface area contributed by atoms with E-state index >= 15 is 0 Å². The van der Waals surface area contributed by atoms with Crippen LogP contribution in [0, 0.1) is 0 Å². The van der Waals surface area contributed by atoms with Crippen molar-refractivity contribution in [1.29, 1.82) is 0 Å². The van der Waals surface area contributed by atoms with Crippen LogP contribution in [0.5, 0.6) is 11.5 Å². The van der Waals surface area contributed by atoms with Crippen molar-refractivity contribution in [3.63, 3.8) is 0 Å². The molecule has 2 rings (SSSR count). The monoisotopic (exact) mass is 577 g/mol. The first-order valence-corrected chi connectivity index (χ1v) is 17.6. The fourth-order valence-electron chi connectivity index (χ4n) is 5.19. The number of aromatic nitrogens is 1. The summed E-state index contributed by atoms with van der Waals surface area (Å²) in [5.74, 6) is 1.79. The fourth-order valence-corrected chi connectivity index (χ4v) is 5.19. The third-order valence-corrected chi connectivity index (χ3v) is 7.84. The highest BCUT2D eigenvalue weighted by Gasteiger charge is 2.10. The van der Waals surface area contributed by atoms with E-state index in [2.05, 4.69) is 85.4 Å². The Labute approximate surface area is 259 Å². The number of ether oxygens (including phenoxy) is 2. The van der Waals surface area contributed by atoms with Gasteiger partial charge in [-0.2, -0.15) is 0 Å². The summed E-state index contributed by atoms with van der Waals surface area (Å²) in [6.45, 7) is 6.88. The molecule has 1 aromatic heterocycles. The molecule has 0 atom stereocenters. The molecule has 0 aliphatic rings. The van der Waals surface area contributed by atoms with Crippen molar-refractivity contribution in [2.75, 3.05) is 13.2 Å². The first-order valence-electron chi connectivity index (χ1n) is 17.6. The summed E-state index contributed by atoms with van der Waals surface area (Å²) in [7, 11) is 0. The van der Waals surface area contributed by atoms with Gasteiger partial charge in [-0.3, -0.25) is 0 Å². The van der Waals surface area contributed by atoms with Crippen LogP contribution in [0.15, 0.2) is 67.0 Å². The van der Waals surface area contributed by atoms with Gasteiger partial charge in [-0.05, 0) is 56.9 Å². The highest BCUT2D eigenvalue weighted by atomic mass is 16.5. The maximum Gasteiger partial charge on any atom is 0.178 e. The Hall–Kier alpha value is -2.42. The minimum atomic E-state index is 0.764. The lowest BCUT2D eigenvalue weighted by atomic mass is 10.1. The zero-order valence-corrected chi connectivity index (χ0v) is 27.4. The van der Waals surface area contributed by atoms with Crippen LogP contribution in [0.4, 0.5) is 0 Å². The SMILES string of the molecule is CCCC/C=C\CCCCCCCCOc1cn(Cc2ccccc2)cc1OCCCCCCCC/C=C\CCCC. The number of allylic oxidation sites excluding steroid dienone is 4. The van der Waals surface area contributed by atoms with Crippen molar-refractivity contribution in [3.05, 3.63) is 72.6 Å². The maximum atomic E-state index is 6.25. The van der Waals surface area contributed by atoms with Crippen molar-refractivity contribution in [3.8, 4) is 11.5 Å². The average Bonchev–Trinajstić information content (AvgIpc) is 3.39. The Bertz CT molecular complexity index is 860. The van der Waals surface area contributed by atoms with Crippen LogP contribution in [0.1, 0.15) is 148 Å². The van der Waals surface area contributed by atoms with Crippen LogP contribution >= 0.6 is 0 Å². The van der Waals surface area contributed by atoms with Crippen LogP contribution in [-0.2, 0) is 6.54 Å². The van der Waals surface area contributed by atoms with Gasteiger partial charge in [-0.25, -0.2) is 0 Å². The lowest BCUT2D eigenvalue weighted by Gasteiger charge is -2.09. The van der Waals surface area contributed by atoms with Gasteiger partial charge in [0.15, 0.2) is 11.5 Å². The number of nitrogens with zero attached hydrogens (tertiary/aromatic N) is 1. The minimum absolute atomic E-state index is 0.764. The Balaban J connectivity index is 1.62. The molecular weight excluding hydrogens is 514 g/mol. The van der Waals surface area contributed by atoms with Gasteiger partial charge in [0, 0.05) is 6.54 Å². The summed E-state index contributed by atoms with van der Waals surface area (Å²) >= 11 is 0. The Morgan fingerprint density at radius 2 is 0.905 bits per heavy atom. The number of hydrogen-bond donors (Lipinski definition) is 0. The number of unbranched alkanes of at least 4 members (excludes halogenated alkanes) is 16. The van der Waals surface area contributed by atoms with Crippen LogP contribution in [-0.4, -0.2) is 17.8 Å². The quantitative estimate of drug-likeness (QED) is 0.0741. The van der Waals surface area contributed by atoms with E-state index in [-0.39, 0.29) is 0 Å². The van der Waals surface area contributed by atoms with Gasteiger partial charge in [0.05, 0.1) is 25.6 Å². The predicted octanol–water partition coefficient (Wildman–Crippen LogP) is 12.2. The molecule has 0 unspecified atom stereocenters. The van der Waals surface area contributed by atoms with Gasteiger partial charge >= 0.3 is 0 Å². The highest BCUT2D eigenvalue weighted by Crippen LogP contribution is 2.30. The highest BCUT2D eigenvalue weighted by molar-refractivity contribution is 5.38. The van der Waals surface area contributed by atoms with Crippen molar-refractivity contribution < 1.29 is 9.47 Å². The summed E-state index contributed by atoms with van der Waals surface area (Å²) < 4.78 is 14.7. The molecule has 0 spiro atoms. The van der Waals surface area contributed by atoms with E-state index in [1.54, 1.807) is 0 Å². The van der Waals surface area contributed by atoms with E-state index in [0.29, 0.717) is 0 Å². The summed E-state index contributed by atoms with van der Waals surface area (Å²) in [5, 5.41) is 0. The second kappa shape index (κ2) is 26.2. The van der Waals surface area contributed by atoms with E-state index in [1.807, 2.05) is 0 Å². The molecule has 0 amide bonds. The molecule has 3 heteroatoms. The molecule has 0 N–H and O–H groups in total. The molecule has 0 fully saturated rings. The van der Waals surface area contributed by atoms with Gasteiger partial charge in [-0.1, -0.05) is 146 Å². The number of rotatable bonds is 28. The molecule has 1 aromatic carbocycles. The zero-order valence-electron chi connectivity index (χ0n) is 27.4. The molecule has 0 saturated heterocycles. The van der Waals surface area contributed by atoms with Crippen molar-refractivity contribution >= 4 is 0 Å². The van der Waals surface area contributed by atoms with Crippen LogP contribution in [0.25, 0.3) is 0 Å². The Kier molecular flexibility index (Phi) is 22.3. The van der Waals surface area contributed by atoms with Gasteiger partial charge in [0.25, 0.3) is 0 Å². The maximum absolute atomic E-state index is 6.25. The molecule has 0 aliphatic carbocycles. The molecule has 0 radical (unpaired) electrons. The van der Waals surface area contributed by atoms with E-state index in [4.69, 9.17) is 9.47 Å². The molecule has 0 aliphatic heterocycles. The van der Waals surface area contributed by atoms with Crippen molar-refractivity contribution in [2.24, 2.45) is 0 Å². The molecular formula is C39H63NO2. The first-order chi connectivity index (χ1) is 20.8. The third kappa shape index (κ3) is 18.9. The molecule has 2 aromatic rings. The van der Waals surface area contributed by atoms with Gasteiger partial charge in [0.2, 0.25) is 0 Å². The van der Waals surface area contributed by atoms with Crippen molar-refractivity contribution in [1.82, 2.24) is 4.57 Å². The molecule has 0 saturated carbocycles. The molecule has 0 bridgehead atoms. The second-order valence-corrected chi connectivity index (χ2v) is 11.9. The van der Waals surface area contributed by atoms with Crippen LogP contribution in [0.2, 0.25) is 0 Å². The molecule has 42 heavy (non-hydrogen) atoms. The average molecular weight is 578 g/mol. The van der Waals surface area contributed by atoms with Crippen LogP contribution < -0.4 is 9.47 Å². The van der Waals surface area contributed by atoms with E-state index in [1.165, 1.54) is 121 Å². The standard InChI is InChI=1S/C39H63NO2/c1-3-5-7-9-11-13-15-17-19-21-23-28-32-41-38-35-40(34-37-30-26-25-27-31-37)36-39(38)42-33-29-24-22-20-18-16-14-12-10-8-6-4-2/h9-12,25-27,30-31,35-36H,3-8,13-24,28-29,32-34H2,1-2H3/b11-9-,12-10-. The van der Waals surface area contributed by atoms with Gasteiger partial charge in [-0.15, -0.1) is 0 Å². The lowest BCUT2D eigenvalue weighted by molar-refractivity contribution is 0.260. The predicted molar refractivity (Wildman–Crippen MR) is 183 cm³/mol. The second-order valence-electron chi connectivity index (χ2n) is 11.9. The smallest absolute Gasteiger partial charge is 0.178 e. The third-order valence-electron chi connectivity index (χ3n) is 7.84. The van der Waals surface area contributed by atoms with E-state index < -0.39 is 0 Å². The summed E-state index contributed by atoms with van der Waals surface area (Å²) in [6, 6.07) is 10.6.